The predicted octanol–water partition coefficient (Wildman–Crippen LogP) is 2.82. The number of hydrogen-bond acceptors (Lipinski definition) is 2. The lowest BCUT2D eigenvalue weighted by Crippen LogP contribution is -2.28. The summed E-state index contributed by atoms with van der Waals surface area (Å²) >= 11 is 0. The molecule has 0 radical (unpaired) electrons. The van der Waals surface area contributed by atoms with Crippen LogP contribution >= 0.6 is 0 Å². The van der Waals surface area contributed by atoms with Gasteiger partial charge in [0.2, 0.25) is 0 Å². The molecular formula is C15H24N2. The van der Waals surface area contributed by atoms with Crippen LogP contribution in [0.5, 0.6) is 0 Å². The summed E-state index contributed by atoms with van der Waals surface area (Å²) in [5.41, 5.74) is 4.74. The van der Waals surface area contributed by atoms with Gasteiger partial charge in [0.15, 0.2) is 0 Å². The standard InChI is InChI=1S/C15H24N2/c1-4-15(2,3)11-17-8-12-5-6-13-9-16-10-14(13)7-12/h5-7,16-17H,4,8-11H2,1-3H3. The molecule has 0 amide bonds. The Morgan fingerprint density at radius 3 is 2.76 bits per heavy atom. The zero-order chi connectivity index (χ0) is 12.3. The minimum Gasteiger partial charge on any atom is -0.312 e. The molecule has 0 aromatic heterocycles. The van der Waals surface area contributed by atoms with E-state index in [-0.39, 0.29) is 0 Å². The van der Waals surface area contributed by atoms with Gasteiger partial charge in [-0.05, 0) is 28.5 Å². The largest absolute Gasteiger partial charge is 0.312 e. The highest BCUT2D eigenvalue weighted by molar-refractivity contribution is 5.34. The predicted molar refractivity (Wildman–Crippen MR) is 72.8 cm³/mol. The zero-order valence-electron chi connectivity index (χ0n) is 11.3. The Kier molecular flexibility index (Phi) is 3.85. The van der Waals surface area contributed by atoms with E-state index in [4.69, 9.17) is 0 Å². The van der Waals surface area contributed by atoms with Crippen LogP contribution in [-0.4, -0.2) is 6.54 Å². The molecule has 0 atom stereocenters. The van der Waals surface area contributed by atoms with Crippen LogP contribution in [-0.2, 0) is 19.6 Å². The molecule has 0 bridgehead atoms. The van der Waals surface area contributed by atoms with Crippen LogP contribution in [0, 0.1) is 5.41 Å². The van der Waals surface area contributed by atoms with Gasteiger partial charge in [0.05, 0.1) is 0 Å². The third-order valence-corrected chi connectivity index (χ3v) is 3.79. The minimum absolute atomic E-state index is 0.401. The smallest absolute Gasteiger partial charge is 0.0212 e. The number of hydrogen-bond donors (Lipinski definition) is 2. The molecule has 1 aliphatic rings. The van der Waals surface area contributed by atoms with E-state index >= 15 is 0 Å². The van der Waals surface area contributed by atoms with Gasteiger partial charge in [0.1, 0.15) is 0 Å². The molecule has 0 saturated heterocycles. The number of benzene rings is 1. The summed E-state index contributed by atoms with van der Waals surface area (Å²) in [7, 11) is 0. The van der Waals surface area contributed by atoms with Crippen LogP contribution < -0.4 is 10.6 Å². The Labute approximate surface area is 105 Å². The summed E-state index contributed by atoms with van der Waals surface area (Å²) < 4.78 is 0. The van der Waals surface area contributed by atoms with Gasteiger partial charge < -0.3 is 10.6 Å². The fraction of sp³-hybridized carbons (Fsp3) is 0.600. The van der Waals surface area contributed by atoms with Gasteiger partial charge in [0.25, 0.3) is 0 Å². The van der Waals surface area contributed by atoms with Crippen molar-refractivity contribution in [2.24, 2.45) is 5.41 Å². The van der Waals surface area contributed by atoms with Gasteiger partial charge in [0, 0.05) is 26.2 Å². The Hall–Kier alpha value is -0.860. The lowest BCUT2D eigenvalue weighted by Gasteiger charge is -2.23. The number of fused-ring (bicyclic) bond motifs is 1. The molecule has 2 N–H and O–H groups in total. The third kappa shape index (κ3) is 3.30. The van der Waals surface area contributed by atoms with Gasteiger partial charge in [-0.3, -0.25) is 0 Å². The first kappa shape index (κ1) is 12.6. The maximum atomic E-state index is 3.56. The first-order valence-electron chi connectivity index (χ1n) is 6.63. The Morgan fingerprint density at radius 2 is 2.00 bits per heavy atom. The van der Waals surface area contributed by atoms with E-state index in [0.717, 1.165) is 26.2 Å². The molecule has 2 nitrogen and oxygen atoms in total. The van der Waals surface area contributed by atoms with Crippen LogP contribution in [0.1, 0.15) is 43.9 Å². The second-order valence-electron chi connectivity index (χ2n) is 5.83. The Balaban J connectivity index is 1.88. The fourth-order valence-corrected chi connectivity index (χ4v) is 2.13. The molecule has 1 heterocycles. The van der Waals surface area contributed by atoms with E-state index in [1.54, 1.807) is 0 Å². The van der Waals surface area contributed by atoms with Gasteiger partial charge in [-0.25, -0.2) is 0 Å². The van der Waals surface area contributed by atoms with E-state index in [1.807, 2.05) is 0 Å². The monoisotopic (exact) mass is 232 g/mol. The molecule has 1 aliphatic heterocycles. The van der Waals surface area contributed by atoms with Crippen molar-refractivity contribution < 1.29 is 0 Å². The van der Waals surface area contributed by atoms with Gasteiger partial charge in [-0.2, -0.15) is 0 Å². The summed E-state index contributed by atoms with van der Waals surface area (Å²) in [5, 5.41) is 6.95. The van der Waals surface area contributed by atoms with Gasteiger partial charge in [-0.1, -0.05) is 39.0 Å². The summed E-state index contributed by atoms with van der Waals surface area (Å²) in [4.78, 5) is 0. The molecule has 17 heavy (non-hydrogen) atoms. The zero-order valence-corrected chi connectivity index (χ0v) is 11.3. The van der Waals surface area contributed by atoms with Crippen molar-refractivity contribution in [1.82, 2.24) is 10.6 Å². The molecule has 0 saturated carbocycles. The van der Waals surface area contributed by atoms with Crippen molar-refractivity contribution in [1.29, 1.82) is 0 Å². The molecule has 94 valence electrons. The van der Waals surface area contributed by atoms with Crippen molar-refractivity contribution in [3.63, 3.8) is 0 Å². The lowest BCUT2D eigenvalue weighted by atomic mass is 9.90. The topological polar surface area (TPSA) is 24.1 Å². The summed E-state index contributed by atoms with van der Waals surface area (Å²) in [6.45, 7) is 11.0. The Morgan fingerprint density at radius 1 is 1.24 bits per heavy atom. The Bertz CT molecular complexity index is 383. The van der Waals surface area contributed by atoms with E-state index in [0.29, 0.717) is 5.41 Å². The summed E-state index contributed by atoms with van der Waals surface area (Å²) in [5.74, 6) is 0. The second-order valence-corrected chi connectivity index (χ2v) is 5.83. The first-order valence-corrected chi connectivity index (χ1v) is 6.63. The lowest BCUT2D eigenvalue weighted by molar-refractivity contribution is 0.327. The molecule has 0 spiro atoms. The maximum absolute atomic E-state index is 3.56. The highest BCUT2D eigenvalue weighted by Gasteiger charge is 2.14. The van der Waals surface area contributed by atoms with Crippen molar-refractivity contribution in [3.05, 3.63) is 34.9 Å². The highest BCUT2D eigenvalue weighted by Crippen LogP contribution is 2.19. The molecule has 0 unspecified atom stereocenters. The third-order valence-electron chi connectivity index (χ3n) is 3.79. The van der Waals surface area contributed by atoms with Crippen molar-refractivity contribution >= 4 is 0 Å². The summed E-state index contributed by atoms with van der Waals surface area (Å²) in [6, 6.07) is 6.84. The molecule has 0 fully saturated rings. The van der Waals surface area contributed by atoms with E-state index < -0.39 is 0 Å². The second kappa shape index (κ2) is 5.19. The number of rotatable bonds is 5. The van der Waals surface area contributed by atoms with E-state index in [1.165, 1.54) is 23.1 Å². The van der Waals surface area contributed by atoms with Crippen LogP contribution in [0.15, 0.2) is 18.2 Å². The van der Waals surface area contributed by atoms with Gasteiger partial charge in [-0.15, -0.1) is 0 Å². The van der Waals surface area contributed by atoms with Crippen LogP contribution in [0.2, 0.25) is 0 Å². The minimum atomic E-state index is 0.401. The summed E-state index contributed by atoms with van der Waals surface area (Å²) in [6.07, 6.45) is 1.22. The molecule has 1 aromatic carbocycles. The van der Waals surface area contributed by atoms with E-state index in [9.17, 15) is 0 Å². The normalized spacial score (nSPS) is 15.0. The first-order chi connectivity index (χ1) is 8.11. The fourth-order valence-electron chi connectivity index (χ4n) is 2.13. The molecule has 2 heteroatoms. The molecule has 1 aromatic rings. The van der Waals surface area contributed by atoms with Crippen molar-refractivity contribution in [2.45, 2.75) is 46.8 Å². The average molecular weight is 232 g/mol. The van der Waals surface area contributed by atoms with Gasteiger partial charge >= 0.3 is 0 Å². The molecule has 0 aliphatic carbocycles. The SMILES string of the molecule is CCC(C)(C)CNCc1ccc2c(c1)CNC2. The van der Waals surface area contributed by atoms with E-state index in [2.05, 4.69) is 49.6 Å². The average Bonchev–Trinajstić information content (AvgIpc) is 2.76. The highest BCUT2D eigenvalue weighted by atomic mass is 14.9. The van der Waals surface area contributed by atoms with Crippen LogP contribution in [0.4, 0.5) is 0 Å². The molecular weight excluding hydrogens is 208 g/mol. The molecule has 2 rings (SSSR count). The van der Waals surface area contributed by atoms with Crippen LogP contribution in [0.3, 0.4) is 0 Å². The van der Waals surface area contributed by atoms with Crippen molar-refractivity contribution in [2.75, 3.05) is 6.54 Å². The number of nitrogens with one attached hydrogen (secondary N) is 2. The van der Waals surface area contributed by atoms with Crippen LogP contribution in [0.25, 0.3) is 0 Å². The maximum Gasteiger partial charge on any atom is 0.0212 e. The van der Waals surface area contributed by atoms with Crippen molar-refractivity contribution in [3.8, 4) is 0 Å². The quantitative estimate of drug-likeness (QED) is 0.815.